The second kappa shape index (κ2) is 6.49. The van der Waals surface area contributed by atoms with E-state index in [9.17, 15) is 8.42 Å². The number of benzene rings is 1. The lowest BCUT2D eigenvalue weighted by Gasteiger charge is -2.14. The normalized spacial score (nSPS) is 13.3. The molecule has 0 aliphatic rings. The monoisotopic (exact) mass is 310 g/mol. The van der Waals surface area contributed by atoms with Gasteiger partial charge in [0.05, 0.1) is 4.90 Å². The predicted octanol–water partition coefficient (Wildman–Crippen LogP) is 2.12. The first kappa shape index (κ1) is 15.2. The molecule has 108 valence electrons. The maximum absolute atomic E-state index is 12.3. The summed E-state index contributed by atoms with van der Waals surface area (Å²) in [4.78, 5) is 1.43. The van der Waals surface area contributed by atoms with Crippen LogP contribution in [0.1, 0.15) is 17.4 Å². The van der Waals surface area contributed by atoms with Crippen LogP contribution in [0.4, 0.5) is 0 Å². The van der Waals surface area contributed by atoms with Gasteiger partial charge in [-0.2, -0.15) is 0 Å². The van der Waals surface area contributed by atoms with E-state index in [1.807, 2.05) is 30.5 Å². The first-order chi connectivity index (χ1) is 9.51. The summed E-state index contributed by atoms with van der Waals surface area (Å²) in [7, 11) is -3.50. The van der Waals surface area contributed by atoms with Crippen LogP contribution in [0, 0.1) is 0 Å². The van der Waals surface area contributed by atoms with E-state index in [0.717, 1.165) is 10.4 Å². The second-order valence-corrected chi connectivity index (χ2v) is 7.40. The Morgan fingerprint density at radius 1 is 1.30 bits per heavy atom. The predicted molar refractivity (Wildman–Crippen MR) is 82.1 cm³/mol. The van der Waals surface area contributed by atoms with Crippen molar-refractivity contribution in [3.05, 3.63) is 52.2 Å². The molecule has 1 aromatic carbocycles. The fourth-order valence-electron chi connectivity index (χ4n) is 1.94. The first-order valence-corrected chi connectivity index (χ1v) is 8.71. The second-order valence-electron chi connectivity index (χ2n) is 4.66. The van der Waals surface area contributed by atoms with Crippen molar-refractivity contribution in [2.75, 3.05) is 0 Å². The van der Waals surface area contributed by atoms with Crippen LogP contribution >= 0.6 is 11.3 Å². The summed E-state index contributed by atoms with van der Waals surface area (Å²) in [5.74, 6) is 0. The highest BCUT2D eigenvalue weighted by atomic mass is 32.2. The van der Waals surface area contributed by atoms with E-state index in [0.29, 0.717) is 13.0 Å². The maximum atomic E-state index is 12.3. The van der Waals surface area contributed by atoms with E-state index in [1.165, 1.54) is 0 Å². The van der Waals surface area contributed by atoms with Crippen LogP contribution < -0.4 is 10.5 Å². The summed E-state index contributed by atoms with van der Waals surface area (Å²) >= 11 is 1.63. The molecule has 0 radical (unpaired) electrons. The summed E-state index contributed by atoms with van der Waals surface area (Å²) in [6.45, 7) is 2.19. The largest absolute Gasteiger partial charge is 0.326 e. The van der Waals surface area contributed by atoms with Crippen molar-refractivity contribution >= 4 is 21.4 Å². The van der Waals surface area contributed by atoms with E-state index in [1.54, 1.807) is 29.5 Å². The number of nitrogens with two attached hydrogens (primary N) is 1. The minimum atomic E-state index is -3.50. The van der Waals surface area contributed by atoms with E-state index >= 15 is 0 Å². The van der Waals surface area contributed by atoms with Crippen LogP contribution in [-0.2, 0) is 23.0 Å². The number of hydrogen-bond acceptors (Lipinski definition) is 4. The van der Waals surface area contributed by atoms with Crippen molar-refractivity contribution in [1.29, 1.82) is 0 Å². The summed E-state index contributed by atoms with van der Waals surface area (Å²) in [6.07, 6.45) is 0.688. The molecular formula is C14H18N2O2S2. The topological polar surface area (TPSA) is 72.2 Å². The molecule has 1 aromatic heterocycles. The van der Waals surface area contributed by atoms with E-state index < -0.39 is 10.0 Å². The Kier molecular flexibility index (Phi) is 4.93. The summed E-state index contributed by atoms with van der Waals surface area (Å²) in [5.41, 5.74) is 6.34. The number of nitrogens with one attached hydrogen (secondary N) is 1. The van der Waals surface area contributed by atoms with Crippen molar-refractivity contribution in [2.45, 2.75) is 30.8 Å². The fourth-order valence-corrected chi connectivity index (χ4v) is 4.09. The molecule has 6 heteroatoms. The third-order valence-electron chi connectivity index (χ3n) is 2.89. The fraction of sp³-hybridized carbons (Fsp3) is 0.286. The molecule has 20 heavy (non-hydrogen) atoms. The highest BCUT2D eigenvalue weighted by Crippen LogP contribution is 2.15. The molecule has 0 spiro atoms. The van der Waals surface area contributed by atoms with Gasteiger partial charge in [-0.15, -0.1) is 11.3 Å². The van der Waals surface area contributed by atoms with Gasteiger partial charge in [-0.25, -0.2) is 13.1 Å². The molecule has 1 unspecified atom stereocenters. The molecule has 0 fully saturated rings. The zero-order valence-electron chi connectivity index (χ0n) is 11.2. The molecule has 0 saturated carbocycles. The molecule has 1 atom stereocenters. The van der Waals surface area contributed by atoms with Gasteiger partial charge in [0.25, 0.3) is 0 Å². The molecule has 3 N–H and O–H groups in total. The molecule has 0 amide bonds. The average Bonchev–Trinajstić information content (AvgIpc) is 2.91. The Bertz CT molecular complexity index is 652. The summed E-state index contributed by atoms with van der Waals surface area (Å²) in [5, 5.41) is 1.99. The SMILES string of the molecule is CC(Cc1cccs1)NS(=O)(=O)c1cccc(CN)c1. The van der Waals surface area contributed by atoms with Crippen LogP contribution in [0.3, 0.4) is 0 Å². The van der Waals surface area contributed by atoms with Gasteiger partial charge in [0.1, 0.15) is 0 Å². The maximum Gasteiger partial charge on any atom is 0.240 e. The van der Waals surface area contributed by atoms with Gasteiger partial charge >= 0.3 is 0 Å². The Morgan fingerprint density at radius 3 is 2.75 bits per heavy atom. The Morgan fingerprint density at radius 2 is 2.10 bits per heavy atom. The third kappa shape index (κ3) is 3.89. The lowest BCUT2D eigenvalue weighted by atomic mass is 10.2. The Labute approximate surface area is 123 Å². The molecule has 0 saturated heterocycles. The molecule has 0 aliphatic carbocycles. The van der Waals surface area contributed by atoms with Crippen LogP contribution in [-0.4, -0.2) is 14.5 Å². The highest BCUT2D eigenvalue weighted by Gasteiger charge is 2.17. The highest BCUT2D eigenvalue weighted by molar-refractivity contribution is 7.89. The molecule has 0 aliphatic heterocycles. The van der Waals surface area contributed by atoms with E-state index in [-0.39, 0.29) is 10.9 Å². The van der Waals surface area contributed by atoms with Crippen LogP contribution in [0.25, 0.3) is 0 Å². The van der Waals surface area contributed by atoms with Crippen molar-refractivity contribution in [2.24, 2.45) is 5.73 Å². The van der Waals surface area contributed by atoms with Crippen LogP contribution in [0.2, 0.25) is 0 Å². The van der Waals surface area contributed by atoms with Gasteiger partial charge in [0.2, 0.25) is 10.0 Å². The van der Waals surface area contributed by atoms with Crippen LogP contribution in [0.5, 0.6) is 0 Å². The quantitative estimate of drug-likeness (QED) is 0.858. The van der Waals surface area contributed by atoms with Crippen molar-refractivity contribution in [1.82, 2.24) is 4.72 Å². The van der Waals surface area contributed by atoms with Crippen molar-refractivity contribution in [3.63, 3.8) is 0 Å². The lowest BCUT2D eigenvalue weighted by Crippen LogP contribution is -2.34. The van der Waals surface area contributed by atoms with Crippen LogP contribution in [0.15, 0.2) is 46.7 Å². The van der Waals surface area contributed by atoms with Crippen molar-refractivity contribution < 1.29 is 8.42 Å². The van der Waals surface area contributed by atoms with Gasteiger partial charge in [0, 0.05) is 17.5 Å². The summed E-state index contributed by atoms with van der Waals surface area (Å²) < 4.78 is 27.3. The summed E-state index contributed by atoms with van der Waals surface area (Å²) in [6, 6.07) is 10.5. The molecule has 4 nitrogen and oxygen atoms in total. The van der Waals surface area contributed by atoms with Crippen molar-refractivity contribution in [3.8, 4) is 0 Å². The minimum Gasteiger partial charge on any atom is -0.326 e. The zero-order valence-corrected chi connectivity index (χ0v) is 12.9. The molecule has 1 heterocycles. The smallest absolute Gasteiger partial charge is 0.240 e. The Balaban J connectivity index is 2.10. The molecular weight excluding hydrogens is 292 g/mol. The standard InChI is InChI=1S/C14H18N2O2S2/c1-11(8-13-5-3-7-19-13)16-20(17,18)14-6-2-4-12(9-14)10-15/h2-7,9,11,16H,8,10,15H2,1H3. The van der Waals surface area contributed by atoms with E-state index in [4.69, 9.17) is 5.73 Å². The number of sulfonamides is 1. The average molecular weight is 310 g/mol. The third-order valence-corrected chi connectivity index (χ3v) is 5.37. The van der Waals surface area contributed by atoms with Gasteiger partial charge in [-0.1, -0.05) is 18.2 Å². The first-order valence-electron chi connectivity index (χ1n) is 6.35. The Hall–Kier alpha value is -1.21. The van der Waals surface area contributed by atoms with Gasteiger partial charge in [-0.3, -0.25) is 0 Å². The molecule has 2 rings (SSSR count). The van der Waals surface area contributed by atoms with Gasteiger partial charge < -0.3 is 5.73 Å². The molecule has 0 bridgehead atoms. The number of thiophene rings is 1. The lowest BCUT2D eigenvalue weighted by molar-refractivity contribution is 0.560. The number of hydrogen-bond donors (Lipinski definition) is 2. The van der Waals surface area contributed by atoms with Gasteiger partial charge in [0.15, 0.2) is 0 Å². The molecule has 2 aromatic rings. The minimum absolute atomic E-state index is 0.153. The number of rotatable bonds is 6. The van der Waals surface area contributed by atoms with Gasteiger partial charge in [-0.05, 0) is 42.5 Å². The van der Waals surface area contributed by atoms with E-state index in [2.05, 4.69) is 4.72 Å². The zero-order chi connectivity index (χ0) is 14.6.